The van der Waals surface area contributed by atoms with Gasteiger partial charge in [0, 0.05) is 5.41 Å². The van der Waals surface area contributed by atoms with E-state index >= 15 is 0 Å². The van der Waals surface area contributed by atoms with E-state index in [1.54, 1.807) is 4.90 Å². The number of nitrogens with zero attached hydrogens (tertiary/aromatic N) is 2. The normalized spacial score (nSPS) is 36.5. The number of fused-ring (bicyclic) bond motifs is 1. The third-order valence-electron chi connectivity index (χ3n) is 5.89. The van der Waals surface area contributed by atoms with E-state index in [0.717, 1.165) is 18.4 Å². The van der Waals surface area contributed by atoms with Gasteiger partial charge in [0.2, 0.25) is 5.91 Å². The van der Waals surface area contributed by atoms with Crippen molar-refractivity contribution < 1.29 is 19.5 Å². The zero-order chi connectivity index (χ0) is 19.7. The average molecular weight is 393 g/mol. The van der Waals surface area contributed by atoms with Crippen molar-refractivity contribution in [3.05, 3.63) is 23.8 Å². The molecule has 0 radical (unpaired) electrons. The van der Waals surface area contributed by atoms with E-state index in [9.17, 15) is 19.5 Å². The molecule has 4 aliphatic rings. The van der Waals surface area contributed by atoms with Gasteiger partial charge < -0.3 is 5.11 Å². The highest BCUT2D eigenvalue weighted by molar-refractivity contribution is 7.99. The molecule has 0 bridgehead atoms. The van der Waals surface area contributed by atoms with E-state index in [1.807, 2.05) is 27.7 Å². The molecule has 4 unspecified atom stereocenters. The lowest BCUT2D eigenvalue weighted by Crippen LogP contribution is -2.71. The number of carbonyl (C=O) groups excluding carboxylic acids is 2. The molecule has 8 heteroatoms. The van der Waals surface area contributed by atoms with E-state index in [0.29, 0.717) is 5.75 Å². The van der Waals surface area contributed by atoms with Crippen molar-refractivity contribution in [1.82, 2.24) is 14.5 Å². The Balaban J connectivity index is 1.62. The Morgan fingerprint density at radius 3 is 2.52 bits per heavy atom. The highest BCUT2D eigenvalue weighted by atomic mass is 32.2. The van der Waals surface area contributed by atoms with Crippen LogP contribution >= 0.6 is 0 Å². The average Bonchev–Trinajstić information content (AvgIpc) is 2.98. The lowest BCUT2D eigenvalue weighted by Gasteiger charge is -2.42. The number of carboxylic acid groups (broad SMARTS) is 1. The molecule has 2 N–H and O–H groups in total. The maximum atomic E-state index is 13.3. The Labute approximate surface area is 161 Å². The monoisotopic (exact) mass is 392 g/mol. The lowest BCUT2D eigenvalue weighted by molar-refractivity contribution is -0.153. The van der Waals surface area contributed by atoms with Crippen LogP contribution < -0.4 is 5.32 Å². The Morgan fingerprint density at radius 2 is 1.93 bits per heavy atom. The minimum absolute atomic E-state index is 0.0800. The minimum atomic E-state index is -0.969. The van der Waals surface area contributed by atoms with Crippen molar-refractivity contribution in [3.8, 4) is 0 Å². The van der Waals surface area contributed by atoms with Crippen molar-refractivity contribution in [2.75, 3.05) is 5.75 Å². The molecule has 3 heterocycles. The largest absolute Gasteiger partial charge is 0.480 e. The minimum Gasteiger partial charge on any atom is -0.480 e. The molecule has 0 spiro atoms. The standard InChI is InChI=1S/C19H25N3O4S/c1-18(2)10-27-16(15(24)22(27)13(18)17(25)26)21-14(23)12(20-19(21,3)4)11-8-6-5-7-9-11/h5-6,9,12-13,16,20H,7-8,10H2,1-4H3/p+1. The summed E-state index contributed by atoms with van der Waals surface area (Å²) in [7, 11) is 0. The number of carbonyl (C=O) groups is 3. The highest BCUT2D eigenvalue weighted by Crippen LogP contribution is 2.49. The second-order valence-corrected chi connectivity index (χ2v) is 10.8. The molecule has 0 aromatic carbocycles. The van der Waals surface area contributed by atoms with Crippen LogP contribution in [0, 0.1) is 5.41 Å². The molecule has 4 rings (SSSR count). The van der Waals surface area contributed by atoms with Crippen LogP contribution in [0.5, 0.6) is 0 Å². The van der Waals surface area contributed by atoms with Crippen molar-refractivity contribution in [3.63, 3.8) is 0 Å². The predicted molar refractivity (Wildman–Crippen MR) is 102 cm³/mol. The summed E-state index contributed by atoms with van der Waals surface area (Å²) in [4.78, 5) is 39.7. The van der Waals surface area contributed by atoms with Gasteiger partial charge >= 0.3 is 17.3 Å². The number of hydrogen-bond acceptors (Lipinski definition) is 4. The van der Waals surface area contributed by atoms with Crippen LogP contribution in [-0.2, 0) is 25.5 Å². The Kier molecular flexibility index (Phi) is 4.02. The number of amides is 2. The van der Waals surface area contributed by atoms with E-state index in [4.69, 9.17) is 0 Å². The van der Waals surface area contributed by atoms with E-state index in [-0.39, 0.29) is 11.8 Å². The van der Waals surface area contributed by atoms with Crippen LogP contribution in [0.25, 0.3) is 0 Å². The topological polar surface area (TPSA) is 90.0 Å². The Hall–Kier alpha value is -1.80. The van der Waals surface area contributed by atoms with Crippen LogP contribution in [-0.4, -0.2) is 61.0 Å². The molecular weight excluding hydrogens is 366 g/mol. The van der Waals surface area contributed by atoms with Crippen LogP contribution in [0.2, 0.25) is 0 Å². The van der Waals surface area contributed by atoms with Gasteiger partial charge in [-0.1, -0.05) is 32.1 Å². The molecule has 3 aliphatic heterocycles. The maximum absolute atomic E-state index is 13.3. The molecule has 0 aromatic rings. The van der Waals surface area contributed by atoms with E-state index in [2.05, 4.69) is 23.5 Å². The molecule has 7 nitrogen and oxygen atoms in total. The number of nitrogens with one attached hydrogen (secondary N) is 1. The summed E-state index contributed by atoms with van der Waals surface area (Å²) in [5.41, 5.74) is -0.120. The fourth-order valence-corrected chi connectivity index (χ4v) is 7.87. The zero-order valence-electron chi connectivity index (χ0n) is 16.1. The molecule has 4 atom stereocenters. The SMILES string of the molecule is CC1(C)C[S+]2C(N3C(=O)C(C4=CCC=CC4)NC3(C)C)C(=O)N2C1C(=O)O. The van der Waals surface area contributed by atoms with E-state index in [1.165, 1.54) is 4.31 Å². The second-order valence-electron chi connectivity index (χ2n) is 8.83. The smallest absolute Gasteiger partial charge is 0.342 e. The van der Waals surface area contributed by atoms with Crippen molar-refractivity contribution in [1.29, 1.82) is 0 Å². The maximum Gasteiger partial charge on any atom is 0.342 e. The van der Waals surface area contributed by atoms with Gasteiger partial charge in [-0.2, -0.15) is 0 Å². The fraction of sp³-hybridized carbons (Fsp3) is 0.632. The number of allylic oxidation sites excluding steroid dienone is 3. The first-order valence-electron chi connectivity index (χ1n) is 9.27. The molecular formula is C19H26N3O4S+. The van der Waals surface area contributed by atoms with Crippen molar-refractivity contribution in [2.24, 2.45) is 5.41 Å². The quantitative estimate of drug-likeness (QED) is 0.552. The predicted octanol–water partition coefficient (Wildman–Crippen LogP) is 0.994. The van der Waals surface area contributed by atoms with Crippen molar-refractivity contribution in [2.45, 2.75) is 63.7 Å². The molecule has 146 valence electrons. The van der Waals surface area contributed by atoms with Gasteiger partial charge in [0.25, 0.3) is 0 Å². The van der Waals surface area contributed by atoms with Gasteiger partial charge in [-0.15, -0.1) is 4.31 Å². The summed E-state index contributed by atoms with van der Waals surface area (Å²) >= 11 is -0.567. The molecule has 3 fully saturated rings. The van der Waals surface area contributed by atoms with Gasteiger partial charge in [0.05, 0.1) is 5.66 Å². The summed E-state index contributed by atoms with van der Waals surface area (Å²) in [6.07, 6.45) is 7.77. The highest BCUT2D eigenvalue weighted by Gasteiger charge is 2.76. The van der Waals surface area contributed by atoms with Crippen molar-refractivity contribution >= 4 is 28.9 Å². The lowest BCUT2D eigenvalue weighted by atomic mass is 9.86. The van der Waals surface area contributed by atoms with Crippen LogP contribution in [0.4, 0.5) is 0 Å². The summed E-state index contributed by atoms with van der Waals surface area (Å²) in [6, 6.07) is -1.23. The second kappa shape index (κ2) is 5.85. The van der Waals surface area contributed by atoms with Gasteiger partial charge in [-0.25, -0.2) is 4.79 Å². The molecule has 2 amide bonds. The first-order chi connectivity index (χ1) is 12.6. The van der Waals surface area contributed by atoms with Gasteiger partial charge in [0.15, 0.2) is 6.04 Å². The molecule has 0 aromatic heterocycles. The van der Waals surface area contributed by atoms with Crippen LogP contribution in [0.3, 0.4) is 0 Å². The first-order valence-corrected chi connectivity index (χ1v) is 10.7. The molecule has 0 saturated carbocycles. The van der Waals surface area contributed by atoms with E-state index < -0.39 is 45.6 Å². The number of rotatable bonds is 3. The fourth-order valence-electron chi connectivity index (χ4n) is 4.67. The molecule has 1 aliphatic carbocycles. The van der Waals surface area contributed by atoms with Gasteiger partial charge in [-0.3, -0.25) is 19.8 Å². The molecule has 27 heavy (non-hydrogen) atoms. The van der Waals surface area contributed by atoms with Gasteiger partial charge in [-0.05, 0) is 32.3 Å². The summed E-state index contributed by atoms with van der Waals surface area (Å²) in [5.74, 6) is -0.679. The first kappa shape index (κ1) is 18.6. The third kappa shape index (κ3) is 2.56. The molecule has 3 saturated heterocycles. The summed E-state index contributed by atoms with van der Waals surface area (Å²) in [5, 5.41) is 12.4. The number of aliphatic carboxylic acids is 1. The summed E-state index contributed by atoms with van der Waals surface area (Å²) < 4.78 is 1.51. The Morgan fingerprint density at radius 1 is 1.22 bits per heavy atom. The number of hydrogen-bond donors (Lipinski definition) is 2. The Bertz CT molecular complexity index is 788. The number of carboxylic acids is 1. The van der Waals surface area contributed by atoms with Gasteiger partial charge in [0.1, 0.15) is 22.9 Å². The summed E-state index contributed by atoms with van der Waals surface area (Å²) in [6.45, 7) is 7.61. The zero-order valence-corrected chi connectivity index (χ0v) is 16.9. The van der Waals surface area contributed by atoms with Crippen LogP contribution in [0.15, 0.2) is 23.8 Å². The third-order valence-corrected chi connectivity index (χ3v) is 8.76. The van der Waals surface area contributed by atoms with Crippen LogP contribution in [0.1, 0.15) is 40.5 Å².